The summed E-state index contributed by atoms with van der Waals surface area (Å²) in [5.41, 5.74) is 1.98. The molecular weight excluding hydrogens is 392 g/mol. The fourth-order valence-corrected chi connectivity index (χ4v) is 5.03. The molecule has 0 bridgehead atoms. The largest absolute Gasteiger partial charge is 0.377 e. The van der Waals surface area contributed by atoms with Crippen LogP contribution in [0.3, 0.4) is 0 Å². The summed E-state index contributed by atoms with van der Waals surface area (Å²) in [6, 6.07) is 5.65. The monoisotopic (exact) mass is 414 g/mol. The van der Waals surface area contributed by atoms with Crippen molar-refractivity contribution < 1.29 is 13.2 Å². The first-order chi connectivity index (χ1) is 13.9. The van der Waals surface area contributed by atoms with E-state index in [0.29, 0.717) is 49.9 Å². The van der Waals surface area contributed by atoms with E-state index < -0.39 is 14.8 Å². The Bertz CT molecular complexity index is 1190. The molecule has 0 aromatic carbocycles. The first-order valence-corrected chi connectivity index (χ1v) is 11.1. The molecular formula is C19H22N6O3S. The molecule has 0 amide bonds. The summed E-state index contributed by atoms with van der Waals surface area (Å²) in [4.78, 5) is 19.0. The van der Waals surface area contributed by atoms with Crippen LogP contribution in [-0.4, -0.2) is 54.2 Å². The molecule has 9 nitrogen and oxygen atoms in total. The number of hydrogen-bond acceptors (Lipinski definition) is 7. The lowest BCUT2D eigenvalue weighted by Gasteiger charge is -2.34. The third-order valence-electron chi connectivity index (χ3n) is 5.79. The molecule has 1 saturated carbocycles. The predicted molar refractivity (Wildman–Crippen MR) is 109 cm³/mol. The molecule has 3 N–H and O–H groups in total. The number of H-pyrrole nitrogens is 1. The second-order valence-electron chi connectivity index (χ2n) is 7.69. The van der Waals surface area contributed by atoms with Crippen LogP contribution in [-0.2, 0) is 19.5 Å². The van der Waals surface area contributed by atoms with Crippen molar-refractivity contribution >= 4 is 26.9 Å². The molecule has 1 aliphatic heterocycles. The van der Waals surface area contributed by atoms with Crippen LogP contribution >= 0.6 is 0 Å². The fourth-order valence-electron chi connectivity index (χ4n) is 3.96. The van der Waals surface area contributed by atoms with Crippen LogP contribution in [0.5, 0.6) is 0 Å². The van der Waals surface area contributed by atoms with Gasteiger partial charge in [0.25, 0.3) is 0 Å². The summed E-state index contributed by atoms with van der Waals surface area (Å²) in [6.45, 7) is 3.92. The molecule has 3 aromatic rings. The predicted octanol–water partition coefficient (Wildman–Crippen LogP) is 1.52. The SMILES string of the molecule is C[C@@H]1COCCN1c1cc(C2(S(N)(=O)=O)CC2)nc(-c2ccnc3[nH]ccc23)n1. The molecule has 2 fully saturated rings. The number of primary sulfonamides is 1. The topological polar surface area (TPSA) is 127 Å². The Balaban J connectivity index is 1.72. The summed E-state index contributed by atoms with van der Waals surface area (Å²) in [6.07, 6.45) is 4.43. The average Bonchev–Trinajstić information content (AvgIpc) is 3.39. The highest BCUT2D eigenvalue weighted by Gasteiger charge is 2.56. The Morgan fingerprint density at radius 1 is 1.31 bits per heavy atom. The zero-order valence-electron chi connectivity index (χ0n) is 16.0. The van der Waals surface area contributed by atoms with Gasteiger partial charge in [-0.05, 0) is 31.9 Å². The van der Waals surface area contributed by atoms with Crippen molar-refractivity contribution in [3.05, 3.63) is 36.3 Å². The lowest BCUT2D eigenvalue weighted by Crippen LogP contribution is -2.44. The van der Waals surface area contributed by atoms with Crippen molar-refractivity contribution in [2.45, 2.75) is 30.6 Å². The number of nitrogens with two attached hydrogens (primary N) is 1. The number of pyridine rings is 1. The number of aromatic nitrogens is 4. The van der Waals surface area contributed by atoms with Crippen molar-refractivity contribution in [3.8, 4) is 11.4 Å². The number of ether oxygens (including phenoxy) is 1. The highest BCUT2D eigenvalue weighted by molar-refractivity contribution is 7.90. The summed E-state index contributed by atoms with van der Waals surface area (Å²) < 4.78 is 29.1. The second kappa shape index (κ2) is 6.48. The van der Waals surface area contributed by atoms with E-state index in [1.165, 1.54) is 0 Å². The molecule has 0 spiro atoms. The molecule has 5 rings (SSSR count). The van der Waals surface area contributed by atoms with Gasteiger partial charge in [-0.1, -0.05) is 0 Å². The third kappa shape index (κ3) is 2.98. The molecule has 1 atom stereocenters. The van der Waals surface area contributed by atoms with Crippen molar-refractivity contribution in [1.82, 2.24) is 19.9 Å². The van der Waals surface area contributed by atoms with Gasteiger partial charge in [0.15, 0.2) is 5.82 Å². The Morgan fingerprint density at radius 3 is 2.86 bits per heavy atom. The Labute approximate surface area is 168 Å². The summed E-state index contributed by atoms with van der Waals surface area (Å²) in [5, 5.41) is 6.47. The number of rotatable bonds is 4. The van der Waals surface area contributed by atoms with Crippen molar-refractivity contribution in [2.75, 3.05) is 24.7 Å². The van der Waals surface area contributed by atoms with E-state index in [-0.39, 0.29) is 6.04 Å². The standard InChI is InChI=1S/C19H22N6O3S/c1-12-11-28-9-8-25(12)16-10-15(19(4-5-19)29(20,26)27)23-18(24-16)14-3-7-22-17-13(14)2-6-21-17/h2-3,6-7,10,12H,4-5,8-9,11H2,1H3,(H,21,22)(H2,20,26,27)/t12-/m1/s1. The van der Waals surface area contributed by atoms with Crippen LogP contribution in [0.2, 0.25) is 0 Å². The quantitative estimate of drug-likeness (QED) is 0.662. The van der Waals surface area contributed by atoms with Crippen LogP contribution < -0.4 is 10.0 Å². The number of nitrogens with one attached hydrogen (secondary N) is 1. The van der Waals surface area contributed by atoms with E-state index in [9.17, 15) is 8.42 Å². The van der Waals surface area contributed by atoms with Crippen molar-refractivity contribution in [2.24, 2.45) is 5.14 Å². The minimum absolute atomic E-state index is 0.119. The Hall–Kier alpha value is -2.56. The van der Waals surface area contributed by atoms with Gasteiger partial charge in [-0.2, -0.15) is 0 Å². The molecule has 1 saturated heterocycles. The van der Waals surface area contributed by atoms with Gasteiger partial charge in [0.2, 0.25) is 10.0 Å². The number of hydrogen-bond donors (Lipinski definition) is 2. The van der Waals surface area contributed by atoms with E-state index in [1.807, 2.05) is 18.3 Å². The van der Waals surface area contributed by atoms with Gasteiger partial charge in [-0.3, -0.25) is 0 Å². The van der Waals surface area contributed by atoms with Gasteiger partial charge < -0.3 is 14.6 Å². The molecule has 1 aliphatic carbocycles. The smallest absolute Gasteiger partial charge is 0.220 e. The first-order valence-electron chi connectivity index (χ1n) is 9.58. The molecule has 0 radical (unpaired) electrons. The van der Waals surface area contributed by atoms with Gasteiger partial charge in [0.05, 0.1) is 24.9 Å². The lowest BCUT2D eigenvalue weighted by molar-refractivity contribution is 0.0985. The third-order valence-corrected chi connectivity index (χ3v) is 7.50. The summed E-state index contributed by atoms with van der Waals surface area (Å²) in [7, 11) is -3.79. The van der Waals surface area contributed by atoms with Crippen LogP contribution in [0.15, 0.2) is 30.6 Å². The zero-order chi connectivity index (χ0) is 20.2. The first kappa shape index (κ1) is 18.5. The number of fused-ring (bicyclic) bond motifs is 1. The normalized spacial score (nSPS) is 21.4. The Morgan fingerprint density at radius 2 is 2.14 bits per heavy atom. The van der Waals surface area contributed by atoms with E-state index in [1.54, 1.807) is 12.3 Å². The second-order valence-corrected chi connectivity index (χ2v) is 9.56. The van der Waals surface area contributed by atoms with Crippen LogP contribution in [0, 0.1) is 0 Å². The van der Waals surface area contributed by atoms with Gasteiger partial charge >= 0.3 is 0 Å². The number of morpholine rings is 1. The van der Waals surface area contributed by atoms with E-state index in [4.69, 9.17) is 14.9 Å². The molecule has 10 heteroatoms. The Kier molecular flexibility index (Phi) is 4.12. The van der Waals surface area contributed by atoms with Crippen molar-refractivity contribution in [3.63, 3.8) is 0 Å². The van der Waals surface area contributed by atoms with Crippen LogP contribution in [0.25, 0.3) is 22.4 Å². The molecule has 4 heterocycles. The number of nitrogens with zero attached hydrogens (tertiary/aromatic N) is 4. The van der Waals surface area contributed by atoms with Gasteiger partial charge in [0, 0.05) is 36.0 Å². The van der Waals surface area contributed by atoms with Gasteiger partial charge in [-0.25, -0.2) is 28.5 Å². The highest BCUT2D eigenvalue weighted by atomic mass is 32.2. The minimum Gasteiger partial charge on any atom is -0.377 e. The van der Waals surface area contributed by atoms with Gasteiger partial charge in [-0.15, -0.1) is 0 Å². The van der Waals surface area contributed by atoms with Crippen LogP contribution in [0.4, 0.5) is 5.82 Å². The maximum absolute atomic E-state index is 12.4. The molecule has 3 aromatic heterocycles. The van der Waals surface area contributed by atoms with E-state index >= 15 is 0 Å². The van der Waals surface area contributed by atoms with E-state index in [2.05, 4.69) is 26.8 Å². The molecule has 152 valence electrons. The van der Waals surface area contributed by atoms with Gasteiger partial charge in [0.1, 0.15) is 16.2 Å². The maximum Gasteiger partial charge on any atom is 0.220 e. The fraction of sp³-hybridized carbons (Fsp3) is 0.421. The number of anilines is 1. The maximum atomic E-state index is 12.4. The molecule has 29 heavy (non-hydrogen) atoms. The number of aromatic amines is 1. The van der Waals surface area contributed by atoms with Crippen LogP contribution in [0.1, 0.15) is 25.5 Å². The highest BCUT2D eigenvalue weighted by Crippen LogP contribution is 2.51. The molecule has 2 aliphatic rings. The zero-order valence-corrected chi connectivity index (χ0v) is 16.8. The molecule has 0 unspecified atom stereocenters. The number of sulfonamides is 1. The summed E-state index contributed by atoms with van der Waals surface area (Å²) in [5.74, 6) is 1.16. The van der Waals surface area contributed by atoms with Crippen molar-refractivity contribution in [1.29, 1.82) is 0 Å². The summed E-state index contributed by atoms with van der Waals surface area (Å²) >= 11 is 0. The average molecular weight is 414 g/mol. The van der Waals surface area contributed by atoms with E-state index in [0.717, 1.165) is 16.6 Å². The minimum atomic E-state index is -3.79. The lowest BCUT2D eigenvalue weighted by atomic mass is 10.1.